The summed E-state index contributed by atoms with van der Waals surface area (Å²) in [6.45, 7) is 11.7. The summed E-state index contributed by atoms with van der Waals surface area (Å²) in [7, 11) is 0. The predicted molar refractivity (Wildman–Crippen MR) is 72.9 cm³/mol. The lowest BCUT2D eigenvalue weighted by Gasteiger charge is -2.34. The molecular formula is C13H25N3O3. The zero-order valence-electron chi connectivity index (χ0n) is 12.4. The van der Waals surface area contributed by atoms with Crippen LogP contribution in [0.25, 0.3) is 0 Å². The molecule has 1 aliphatic heterocycles. The molecule has 0 aromatic rings. The molecule has 0 radical (unpaired) electrons. The minimum absolute atomic E-state index is 0.131. The maximum atomic E-state index is 11.4. The first-order chi connectivity index (χ1) is 8.78. The van der Waals surface area contributed by atoms with Crippen LogP contribution in [-0.4, -0.2) is 66.7 Å². The maximum absolute atomic E-state index is 11.4. The summed E-state index contributed by atoms with van der Waals surface area (Å²) in [5.74, 6) is 0.131. The number of carbonyl (C=O) groups is 2. The highest BCUT2D eigenvalue weighted by Gasteiger charge is 2.19. The van der Waals surface area contributed by atoms with Gasteiger partial charge in [-0.15, -0.1) is 0 Å². The van der Waals surface area contributed by atoms with Crippen LogP contribution in [0.2, 0.25) is 0 Å². The molecule has 0 aromatic heterocycles. The van der Waals surface area contributed by atoms with Gasteiger partial charge in [0.05, 0.1) is 0 Å². The quantitative estimate of drug-likeness (QED) is 0.820. The number of alkyl carbamates (subject to hydrolysis) is 1. The Morgan fingerprint density at radius 3 is 2.21 bits per heavy atom. The van der Waals surface area contributed by atoms with Gasteiger partial charge < -0.3 is 15.0 Å². The van der Waals surface area contributed by atoms with E-state index in [1.54, 1.807) is 6.92 Å². The van der Waals surface area contributed by atoms with Gasteiger partial charge in [0, 0.05) is 46.2 Å². The fourth-order valence-electron chi connectivity index (χ4n) is 1.92. The Morgan fingerprint density at radius 2 is 1.74 bits per heavy atom. The first-order valence-electron chi connectivity index (χ1n) is 6.72. The topological polar surface area (TPSA) is 61.9 Å². The van der Waals surface area contributed by atoms with Crippen LogP contribution < -0.4 is 5.32 Å². The zero-order chi connectivity index (χ0) is 14.5. The lowest BCUT2D eigenvalue weighted by Crippen LogP contribution is -2.49. The molecule has 2 amide bonds. The molecule has 1 aliphatic rings. The Balaban J connectivity index is 2.14. The molecule has 0 spiro atoms. The van der Waals surface area contributed by atoms with Crippen molar-refractivity contribution in [2.24, 2.45) is 0 Å². The summed E-state index contributed by atoms with van der Waals surface area (Å²) in [4.78, 5) is 26.7. The molecule has 0 saturated carbocycles. The third-order valence-corrected chi connectivity index (χ3v) is 2.91. The Hall–Kier alpha value is -1.30. The van der Waals surface area contributed by atoms with Gasteiger partial charge in [-0.1, -0.05) is 0 Å². The van der Waals surface area contributed by atoms with Gasteiger partial charge in [0.15, 0.2) is 0 Å². The van der Waals surface area contributed by atoms with E-state index in [1.165, 1.54) is 0 Å². The lowest BCUT2D eigenvalue weighted by atomic mass is 10.2. The number of hydrogen-bond acceptors (Lipinski definition) is 4. The SMILES string of the molecule is CC(=O)N1CCN(CCNC(=O)OC(C)(C)C)CC1. The smallest absolute Gasteiger partial charge is 0.407 e. The second kappa shape index (κ2) is 6.75. The number of ether oxygens (including phenoxy) is 1. The standard InChI is InChI=1S/C13H25N3O3/c1-11(17)16-9-7-15(8-10-16)6-5-14-12(18)19-13(2,3)4/h5-10H2,1-4H3,(H,14,18). The van der Waals surface area contributed by atoms with E-state index in [2.05, 4.69) is 10.2 Å². The molecule has 0 unspecified atom stereocenters. The molecule has 6 heteroatoms. The number of nitrogens with one attached hydrogen (secondary N) is 1. The number of rotatable bonds is 3. The fraction of sp³-hybridized carbons (Fsp3) is 0.846. The van der Waals surface area contributed by atoms with Gasteiger partial charge in [0.1, 0.15) is 5.60 Å². The molecular weight excluding hydrogens is 246 g/mol. The molecule has 19 heavy (non-hydrogen) atoms. The minimum atomic E-state index is -0.461. The molecule has 0 atom stereocenters. The van der Waals surface area contributed by atoms with Crippen LogP contribution in [0, 0.1) is 0 Å². The van der Waals surface area contributed by atoms with Crippen molar-refractivity contribution in [2.75, 3.05) is 39.3 Å². The van der Waals surface area contributed by atoms with Crippen LogP contribution in [0.4, 0.5) is 4.79 Å². The fourth-order valence-corrected chi connectivity index (χ4v) is 1.92. The van der Waals surface area contributed by atoms with Crippen LogP contribution in [0.3, 0.4) is 0 Å². The van der Waals surface area contributed by atoms with Crippen molar-refractivity contribution >= 4 is 12.0 Å². The zero-order valence-corrected chi connectivity index (χ0v) is 12.4. The van der Waals surface area contributed by atoms with Crippen LogP contribution >= 0.6 is 0 Å². The van der Waals surface area contributed by atoms with E-state index in [0.29, 0.717) is 6.54 Å². The highest BCUT2D eigenvalue weighted by Crippen LogP contribution is 2.06. The number of nitrogens with zero attached hydrogens (tertiary/aromatic N) is 2. The minimum Gasteiger partial charge on any atom is -0.444 e. The third-order valence-electron chi connectivity index (χ3n) is 2.91. The van der Waals surface area contributed by atoms with Crippen LogP contribution in [0.15, 0.2) is 0 Å². The summed E-state index contributed by atoms with van der Waals surface area (Å²) >= 11 is 0. The summed E-state index contributed by atoms with van der Waals surface area (Å²) in [5, 5.41) is 2.74. The van der Waals surface area contributed by atoms with E-state index >= 15 is 0 Å². The molecule has 1 rings (SSSR count). The Bertz CT molecular complexity index is 318. The molecule has 6 nitrogen and oxygen atoms in total. The predicted octanol–water partition coefficient (Wildman–Crippen LogP) is 0.675. The molecule has 110 valence electrons. The van der Waals surface area contributed by atoms with Gasteiger partial charge in [-0.2, -0.15) is 0 Å². The molecule has 1 saturated heterocycles. The summed E-state index contributed by atoms with van der Waals surface area (Å²) < 4.78 is 5.15. The molecule has 1 N–H and O–H groups in total. The molecule has 1 heterocycles. The summed E-state index contributed by atoms with van der Waals surface area (Å²) in [5.41, 5.74) is -0.461. The van der Waals surface area contributed by atoms with E-state index in [0.717, 1.165) is 32.7 Å². The van der Waals surface area contributed by atoms with E-state index in [9.17, 15) is 9.59 Å². The van der Waals surface area contributed by atoms with Crippen LogP contribution in [0.1, 0.15) is 27.7 Å². The van der Waals surface area contributed by atoms with Crippen molar-refractivity contribution in [1.29, 1.82) is 0 Å². The maximum Gasteiger partial charge on any atom is 0.407 e. The van der Waals surface area contributed by atoms with Gasteiger partial charge in [0.25, 0.3) is 0 Å². The number of amides is 2. The normalized spacial score (nSPS) is 17.2. The van der Waals surface area contributed by atoms with Crippen molar-refractivity contribution < 1.29 is 14.3 Å². The monoisotopic (exact) mass is 271 g/mol. The first-order valence-corrected chi connectivity index (χ1v) is 6.72. The third kappa shape index (κ3) is 6.42. The van der Waals surface area contributed by atoms with Crippen molar-refractivity contribution in [2.45, 2.75) is 33.3 Å². The van der Waals surface area contributed by atoms with Crippen molar-refractivity contribution in [1.82, 2.24) is 15.1 Å². The summed E-state index contributed by atoms with van der Waals surface area (Å²) in [6.07, 6.45) is -0.380. The first kappa shape index (κ1) is 15.8. The van der Waals surface area contributed by atoms with Gasteiger partial charge in [-0.3, -0.25) is 9.69 Å². The van der Waals surface area contributed by atoms with Crippen molar-refractivity contribution in [3.05, 3.63) is 0 Å². The number of piperazine rings is 1. The number of hydrogen-bond donors (Lipinski definition) is 1. The molecule has 1 fully saturated rings. The van der Waals surface area contributed by atoms with Crippen LogP contribution in [0.5, 0.6) is 0 Å². The highest BCUT2D eigenvalue weighted by atomic mass is 16.6. The van der Waals surface area contributed by atoms with Crippen molar-refractivity contribution in [3.8, 4) is 0 Å². The number of carbonyl (C=O) groups excluding carboxylic acids is 2. The van der Waals surface area contributed by atoms with Crippen LogP contribution in [-0.2, 0) is 9.53 Å². The molecule has 0 bridgehead atoms. The second-order valence-corrected chi connectivity index (χ2v) is 5.78. The van der Waals surface area contributed by atoms with E-state index in [1.807, 2.05) is 25.7 Å². The van der Waals surface area contributed by atoms with Gasteiger partial charge >= 0.3 is 6.09 Å². The average molecular weight is 271 g/mol. The summed E-state index contributed by atoms with van der Waals surface area (Å²) in [6, 6.07) is 0. The molecule has 0 aliphatic carbocycles. The highest BCUT2D eigenvalue weighted by molar-refractivity contribution is 5.73. The molecule has 0 aromatic carbocycles. The van der Waals surface area contributed by atoms with Gasteiger partial charge in [-0.05, 0) is 20.8 Å². The van der Waals surface area contributed by atoms with Gasteiger partial charge in [0.2, 0.25) is 5.91 Å². The Labute approximate surface area is 115 Å². The van der Waals surface area contributed by atoms with E-state index in [-0.39, 0.29) is 12.0 Å². The van der Waals surface area contributed by atoms with E-state index < -0.39 is 5.60 Å². The Kier molecular flexibility index (Phi) is 5.60. The van der Waals surface area contributed by atoms with Gasteiger partial charge in [-0.25, -0.2) is 4.79 Å². The Morgan fingerprint density at radius 1 is 1.16 bits per heavy atom. The van der Waals surface area contributed by atoms with E-state index in [4.69, 9.17) is 4.74 Å². The lowest BCUT2D eigenvalue weighted by molar-refractivity contribution is -0.130. The average Bonchev–Trinajstić information content (AvgIpc) is 2.27. The second-order valence-electron chi connectivity index (χ2n) is 5.78. The van der Waals surface area contributed by atoms with Crippen molar-refractivity contribution in [3.63, 3.8) is 0 Å². The largest absolute Gasteiger partial charge is 0.444 e.